The van der Waals surface area contributed by atoms with E-state index in [-0.39, 0.29) is 11.7 Å². The first-order valence-electron chi connectivity index (χ1n) is 8.13. The number of hydrogen-bond donors (Lipinski definition) is 4. The van der Waals surface area contributed by atoms with Crippen LogP contribution in [0.2, 0.25) is 0 Å². The highest BCUT2D eigenvalue weighted by Crippen LogP contribution is 2.26. The van der Waals surface area contributed by atoms with Gasteiger partial charge in [-0.05, 0) is 32.0 Å². The van der Waals surface area contributed by atoms with Crippen molar-refractivity contribution in [1.29, 1.82) is 0 Å². The standard InChI is InChI=1S/C16H18N8O/c1-9(13-22-16(25)24-23-13)19-15-11-4-6-18-8-12(11)20-14(21-15)10-3-2-5-17-7-10/h2-3,5,7,9,18H,4,6,8H2,1H3,(H,19,20,21)(H2,22,23,24,25). The van der Waals surface area contributed by atoms with Crippen molar-refractivity contribution >= 4 is 5.82 Å². The number of anilines is 1. The van der Waals surface area contributed by atoms with E-state index in [0.29, 0.717) is 18.2 Å². The Balaban J connectivity index is 1.73. The Morgan fingerprint density at radius 3 is 3.00 bits per heavy atom. The lowest BCUT2D eigenvalue weighted by molar-refractivity contribution is 0.623. The molecule has 9 nitrogen and oxygen atoms in total. The fourth-order valence-electron chi connectivity index (χ4n) is 2.86. The Morgan fingerprint density at radius 1 is 1.32 bits per heavy atom. The molecule has 0 fully saturated rings. The van der Waals surface area contributed by atoms with Gasteiger partial charge in [-0.3, -0.25) is 9.97 Å². The molecule has 4 heterocycles. The van der Waals surface area contributed by atoms with Gasteiger partial charge in [0.05, 0.1) is 11.7 Å². The molecule has 128 valence electrons. The van der Waals surface area contributed by atoms with Gasteiger partial charge in [-0.1, -0.05) is 0 Å². The molecule has 1 atom stereocenters. The summed E-state index contributed by atoms with van der Waals surface area (Å²) < 4.78 is 0. The molecule has 0 aliphatic carbocycles. The van der Waals surface area contributed by atoms with E-state index in [1.165, 1.54) is 0 Å². The van der Waals surface area contributed by atoms with Crippen molar-refractivity contribution in [3.05, 3.63) is 52.1 Å². The zero-order chi connectivity index (χ0) is 17.2. The molecule has 25 heavy (non-hydrogen) atoms. The van der Waals surface area contributed by atoms with Crippen molar-refractivity contribution in [2.75, 3.05) is 11.9 Å². The number of aromatic nitrogens is 6. The van der Waals surface area contributed by atoms with Crippen LogP contribution in [0, 0.1) is 0 Å². The van der Waals surface area contributed by atoms with Gasteiger partial charge in [0.15, 0.2) is 11.6 Å². The Kier molecular flexibility index (Phi) is 3.98. The van der Waals surface area contributed by atoms with Gasteiger partial charge in [0.2, 0.25) is 0 Å². The van der Waals surface area contributed by atoms with E-state index in [2.05, 4.69) is 30.8 Å². The number of nitrogens with one attached hydrogen (secondary N) is 4. The van der Waals surface area contributed by atoms with Gasteiger partial charge in [-0.25, -0.2) is 19.9 Å². The average Bonchev–Trinajstić information content (AvgIpc) is 3.09. The summed E-state index contributed by atoms with van der Waals surface area (Å²) in [5, 5.41) is 13.1. The molecular formula is C16H18N8O. The van der Waals surface area contributed by atoms with Crippen LogP contribution in [0.4, 0.5) is 5.82 Å². The van der Waals surface area contributed by atoms with E-state index in [1.54, 1.807) is 12.4 Å². The number of rotatable bonds is 4. The molecule has 0 bridgehead atoms. The predicted molar refractivity (Wildman–Crippen MR) is 91.9 cm³/mol. The minimum atomic E-state index is -0.325. The molecule has 1 unspecified atom stereocenters. The van der Waals surface area contributed by atoms with Gasteiger partial charge < -0.3 is 10.6 Å². The summed E-state index contributed by atoms with van der Waals surface area (Å²) in [7, 11) is 0. The lowest BCUT2D eigenvalue weighted by atomic mass is 10.1. The average molecular weight is 338 g/mol. The quantitative estimate of drug-likeness (QED) is 0.554. The first-order chi connectivity index (χ1) is 12.2. The van der Waals surface area contributed by atoms with Crippen molar-refractivity contribution in [2.24, 2.45) is 0 Å². The van der Waals surface area contributed by atoms with Crippen LogP contribution in [-0.2, 0) is 13.0 Å². The summed E-state index contributed by atoms with van der Waals surface area (Å²) in [5.41, 5.74) is 2.61. The van der Waals surface area contributed by atoms with E-state index in [4.69, 9.17) is 9.97 Å². The zero-order valence-corrected chi connectivity index (χ0v) is 13.7. The van der Waals surface area contributed by atoms with Gasteiger partial charge in [-0.2, -0.15) is 5.10 Å². The fraction of sp³-hybridized carbons (Fsp3) is 0.312. The molecule has 4 rings (SSSR count). The summed E-state index contributed by atoms with van der Waals surface area (Å²) in [5.74, 6) is 1.93. The Bertz CT molecular complexity index is 933. The van der Waals surface area contributed by atoms with Crippen molar-refractivity contribution in [2.45, 2.75) is 25.9 Å². The third kappa shape index (κ3) is 3.13. The summed E-state index contributed by atoms with van der Waals surface area (Å²) in [6.07, 6.45) is 4.31. The Labute approximate surface area is 143 Å². The number of pyridine rings is 1. The Hall–Kier alpha value is -3.07. The van der Waals surface area contributed by atoms with E-state index >= 15 is 0 Å². The highest BCUT2D eigenvalue weighted by atomic mass is 16.1. The second kappa shape index (κ2) is 6.44. The van der Waals surface area contributed by atoms with Crippen LogP contribution in [0.5, 0.6) is 0 Å². The molecule has 0 radical (unpaired) electrons. The van der Waals surface area contributed by atoms with E-state index in [0.717, 1.165) is 35.6 Å². The largest absolute Gasteiger partial charge is 0.360 e. The summed E-state index contributed by atoms with van der Waals surface area (Å²) in [6, 6.07) is 3.60. The minimum absolute atomic E-state index is 0.199. The first-order valence-corrected chi connectivity index (χ1v) is 8.13. The number of aromatic amines is 2. The summed E-state index contributed by atoms with van der Waals surface area (Å²) >= 11 is 0. The highest BCUT2D eigenvalue weighted by molar-refractivity contribution is 5.59. The van der Waals surface area contributed by atoms with E-state index < -0.39 is 0 Å². The van der Waals surface area contributed by atoms with Crippen LogP contribution in [-0.4, -0.2) is 36.7 Å². The molecule has 3 aromatic rings. The first kappa shape index (κ1) is 15.5. The molecule has 3 aromatic heterocycles. The van der Waals surface area contributed by atoms with Gasteiger partial charge >= 0.3 is 5.69 Å². The second-order valence-electron chi connectivity index (χ2n) is 5.92. The third-order valence-electron chi connectivity index (χ3n) is 4.14. The van der Waals surface area contributed by atoms with Crippen LogP contribution in [0.15, 0.2) is 29.3 Å². The molecular weight excluding hydrogens is 320 g/mol. The summed E-state index contributed by atoms with van der Waals surface area (Å²) in [4.78, 5) is 27.5. The monoisotopic (exact) mass is 338 g/mol. The van der Waals surface area contributed by atoms with Gasteiger partial charge in [-0.15, -0.1) is 0 Å². The lowest BCUT2D eigenvalue weighted by Crippen LogP contribution is -2.27. The smallest absolute Gasteiger partial charge is 0.340 e. The van der Waals surface area contributed by atoms with Crippen molar-refractivity contribution < 1.29 is 0 Å². The number of H-pyrrole nitrogens is 2. The molecule has 0 spiro atoms. The maximum Gasteiger partial charge on any atom is 0.340 e. The second-order valence-corrected chi connectivity index (χ2v) is 5.92. The molecule has 0 amide bonds. The van der Waals surface area contributed by atoms with Gasteiger partial charge in [0.25, 0.3) is 0 Å². The molecule has 9 heteroatoms. The topological polar surface area (TPSA) is 124 Å². The van der Waals surface area contributed by atoms with Gasteiger partial charge in [0, 0.05) is 30.1 Å². The van der Waals surface area contributed by atoms with E-state index in [1.807, 2.05) is 19.1 Å². The van der Waals surface area contributed by atoms with Crippen LogP contribution < -0.4 is 16.3 Å². The number of hydrogen-bond acceptors (Lipinski definition) is 7. The van der Waals surface area contributed by atoms with Crippen LogP contribution in [0.25, 0.3) is 11.4 Å². The maximum atomic E-state index is 11.3. The van der Waals surface area contributed by atoms with Crippen molar-refractivity contribution in [3.63, 3.8) is 0 Å². The van der Waals surface area contributed by atoms with Gasteiger partial charge in [0.1, 0.15) is 5.82 Å². The maximum absolute atomic E-state index is 11.3. The minimum Gasteiger partial charge on any atom is -0.360 e. The van der Waals surface area contributed by atoms with Crippen molar-refractivity contribution in [3.8, 4) is 11.4 Å². The highest BCUT2D eigenvalue weighted by Gasteiger charge is 2.20. The molecule has 0 aromatic carbocycles. The molecule has 0 saturated carbocycles. The molecule has 4 N–H and O–H groups in total. The van der Waals surface area contributed by atoms with E-state index in [9.17, 15) is 4.79 Å². The lowest BCUT2D eigenvalue weighted by Gasteiger charge is -2.22. The van der Waals surface area contributed by atoms with Crippen LogP contribution in [0.3, 0.4) is 0 Å². The Morgan fingerprint density at radius 2 is 2.24 bits per heavy atom. The normalized spacial score (nSPS) is 14.8. The SMILES string of the molecule is CC(Nc1nc(-c2cccnc2)nc2c1CCNC2)c1n[nH]c(=O)[nH]1. The third-order valence-corrected chi connectivity index (χ3v) is 4.14. The summed E-state index contributed by atoms with van der Waals surface area (Å²) in [6.45, 7) is 3.50. The molecule has 1 aliphatic heterocycles. The molecule has 0 saturated heterocycles. The van der Waals surface area contributed by atoms with Crippen LogP contribution in [0.1, 0.15) is 30.0 Å². The number of fused-ring (bicyclic) bond motifs is 1. The fourth-order valence-corrected chi connectivity index (χ4v) is 2.86. The van der Waals surface area contributed by atoms with Crippen molar-refractivity contribution in [1.82, 2.24) is 35.5 Å². The molecule has 1 aliphatic rings. The predicted octanol–water partition coefficient (Wildman–Crippen LogP) is 0.769. The number of nitrogens with zero attached hydrogens (tertiary/aromatic N) is 4. The van der Waals surface area contributed by atoms with Crippen LogP contribution >= 0.6 is 0 Å². The zero-order valence-electron chi connectivity index (χ0n) is 13.7.